The van der Waals surface area contributed by atoms with Crippen molar-refractivity contribution in [2.24, 2.45) is 5.92 Å². The molecule has 5 heteroatoms. The molecular weight excluding hydrogens is 894 g/mol. The van der Waals surface area contributed by atoms with Crippen molar-refractivity contribution in [3.63, 3.8) is 0 Å². The van der Waals surface area contributed by atoms with Crippen LogP contribution in [0.1, 0.15) is 36.1 Å². The molecule has 8 aromatic carbocycles. The van der Waals surface area contributed by atoms with E-state index in [1.54, 1.807) is 0 Å². The van der Waals surface area contributed by atoms with E-state index in [1.807, 2.05) is 60.7 Å². The number of hydrogen-bond acceptors (Lipinski definition) is 3. The van der Waals surface area contributed by atoms with E-state index in [-0.39, 0.29) is 20.1 Å². The minimum atomic E-state index is -3.15. The summed E-state index contributed by atoms with van der Waals surface area (Å²) in [4.78, 5) is 5.00. The zero-order chi connectivity index (χ0) is 38.4. The Balaban J connectivity index is 0.000000163. The van der Waals surface area contributed by atoms with Gasteiger partial charge in [-0.3, -0.25) is 4.98 Å². The molecule has 9 aromatic rings. The molecule has 3 nitrogen and oxygen atoms in total. The minimum absolute atomic E-state index is 0. The molecule has 2 heterocycles. The number of hydrogen-bond donors (Lipinski definition) is 0. The van der Waals surface area contributed by atoms with Gasteiger partial charge in [-0.25, -0.2) is 0 Å². The predicted octanol–water partition coefficient (Wildman–Crippen LogP) is 12.0. The van der Waals surface area contributed by atoms with Gasteiger partial charge in [0.15, 0.2) is 0 Å². The van der Waals surface area contributed by atoms with Crippen molar-refractivity contribution in [3.05, 3.63) is 186 Å². The number of benzene rings is 8. The first-order valence-electron chi connectivity index (χ1n) is 19.3. The molecule has 0 unspecified atom stereocenters. The molecule has 0 atom stereocenters. The number of rotatable bonds is 5. The third-order valence-electron chi connectivity index (χ3n) is 10.8. The molecule has 0 amide bonds. The normalized spacial score (nSPS) is 12.1. The molecule has 57 heavy (non-hydrogen) atoms. The third kappa shape index (κ3) is 7.35. The number of aryl methyl sites for hydroxylation is 2. The maximum Gasteiger partial charge on any atom is 0.147 e. The molecule has 0 fully saturated rings. The molecule has 1 radical (unpaired) electrons. The van der Waals surface area contributed by atoms with Gasteiger partial charge < -0.3 is 9.30 Å². The third-order valence-corrected chi connectivity index (χ3v) is 13.7. The molecule has 0 spiro atoms. The van der Waals surface area contributed by atoms with Crippen LogP contribution < -0.4 is 20.7 Å². The van der Waals surface area contributed by atoms with E-state index in [0.29, 0.717) is 12.5 Å². The summed E-state index contributed by atoms with van der Waals surface area (Å²) in [5.41, 5.74) is 7.90. The Morgan fingerprint density at radius 1 is 0.684 bits per heavy atom. The van der Waals surface area contributed by atoms with E-state index in [9.17, 15) is 0 Å². The summed E-state index contributed by atoms with van der Waals surface area (Å²) in [6.45, 7) is 9.25. The predicted molar refractivity (Wildman–Crippen MR) is 236 cm³/mol. The average Bonchev–Trinajstić information content (AvgIpc) is 3.22. The summed E-state index contributed by atoms with van der Waals surface area (Å²) in [5.74, 6) is 1.56. The number of pyridine rings is 1. The Bertz CT molecular complexity index is 2810. The van der Waals surface area contributed by atoms with Gasteiger partial charge in [0.2, 0.25) is 0 Å². The number of ether oxygens (including phenoxy) is 1. The summed E-state index contributed by atoms with van der Waals surface area (Å²) < 4.78 is 21.2. The van der Waals surface area contributed by atoms with Crippen molar-refractivity contribution in [1.82, 2.24) is 4.98 Å². The van der Waals surface area contributed by atoms with Crippen LogP contribution in [0.4, 0.5) is 0 Å². The van der Waals surface area contributed by atoms with Crippen molar-refractivity contribution in [2.75, 3.05) is 0 Å². The Hall–Kier alpha value is -5.37. The van der Waals surface area contributed by atoms with Gasteiger partial charge in [0.1, 0.15) is 7.14 Å². The van der Waals surface area contributed by atoms with E-state index in [1.165, 1.54) is 10.9 Å². The van der Waals surface area contributed by atoms with Crippen LogP contribution in [0.5, 0.6) is 5.75 Å². The van der Waals surface area contributed by atoms with Crippen LogP contribution in [0.15, 0.2) is 152 Å². The fourth-order valence-corrected chi connectivity index (χ4v) is 10.7. The van der Waals surface area contributed by atoms with Gasteiger partial charge in [-0.1, -0.05) is 153 Å². The Labute approximate surface area is 348 Å². The first-order valence-corrected chi connectivity index (χ1v) is 21.0. The topological polar surface area (TPSA) is 39.2 Å². The van der Waals surface area contributed by atoms with Gasteiger partial charge in [0.05, 0.1) is 12.1 Å². The molecule has 1 aliphatic heterocycles. The van der Waals surface area contributed by atoms with Crippen LogP contribution in [-0.2, 0) is 37.7 Å². The van der Waals surface area contributed by atoms with Crippen LogP contribution in [-0.4, -0.2) is 4.98 Å². The fraction of sp³-hybridized carbons (Fsp3) is 0.135. The van der Waals surface area contributed by atoms with E-state index in [2.05, 4.69) is 131 Å². The standard InChI is InChI=1S/C30H20OP.C22H22NO.Ir/c31-32(28-16-13-22-7-1-4-10-25(22)19-28,29-17-14-23-8-2-5-11-26(23)20-29)30-18-15-24-9-3-6-12-27(24)21-30;1-13(2)8-16-6-5-7-20-18(16)11-17-12-24-22-15(4)9-14(3)10-19(22)21(17)23-20;/h1-17,19-21H;5-7,9,11,13H,8,12H2,1-4H3;/q2*-1;. The minimum Gasteiger partial charge on any atom is -0.533 e. The van der Waals surface area contributed by atoms with Crippen LogP contribution in [0.25, 0.3) is 54.5 Å². The summed E-state index contributed by atoms with van der Waals surface area (Å²) in [6.07, 6.45) is 1.07. The van der Waals surface area contributed by atoms with Gasteiger partial charge >= 0.3 is 0 Å². The van der Waals surface area contributed by atoms with Crippen LogP contribution in [0.3, 0.4) is 0 Å². The van der Waals surface area contributed by atoms with Crippen molar-refractivity contribution in [3.8, 4) is 17.0 Å². The van der Waals surface area contributed by atoms with Crippen molar-refractivity contribution in [2.45, 2.75) is 40.7 Å². The van der Waals surface area contributed by atoms with Gasteiger partial charge in [0, 0.05) is 41.9 Å². The zero-order valence-electron chi connectivity index (χ0n) is 32.5. The Morgan fingerprint density at radius 2 is 1.28 bits per heavy atom. The second kappa shape index (κ2) is 15.9. The molecule has 0 aliphatic carbocycles. The first-order chi connectivity index (χ1) is 27.2. The van der Waals surface area contributed by atoms with Gasteiger partial charge in [0.25, 0.3) is 0 Å². The van der Waals surface area contributed by atoms with Gasteiger partial charge in [-0.15, -0.1) is 34.5 Å². The first kappa shape index (κ1) is 38.5. The largest absolute Gasteiger partial charge is 0.533 e. The van der Waals surface area contributed by atoms with E-state index >= 15 is 4.57 Å². The van der Waals surface area contributed by atoms with Gasteiger partial charge in [-0.05, 0) is 68.9 Å². The summed E-state index contributed by atoms with van der Waals surface area (Å²) >= 11 is 0. The molecule has 1 aliphatic rings. The SMILES string of the molecule is Cc1[c-]c2c(c(C)c1)OCc1cc3c(CC(C)C)cccc3nc1-2.O=P(c1[c-]cc2ccccc2c1)(c1ccc2ccccc2c1)c1ccc2ccccc2c1.[Ir]. The molecule has 1 aromatic heterocycles. The molecule has 283 valence electrons. The summed E-state index contributed by atoms with van der Waals surface area (Å²) in [6, 6.07) is 58.6. The molecule has 0 saturated heterocycles. The maximum atomic E-state index is 15.1. The maximum absolute atomic E-state index is 15.1. The molecule has 0 bridgehead atoms. The van der Waals surface area contributed by atoms with E-state index in [4.69, 9.17) is 9.72 Å². The zero-order valence-corrected chi connectivity index (χ0v) is 35.8. The molecule has 0 N–H and O–H groups in total. The monoisotopic (exact) mass is 936 g/mol. The molecule has 0 saturated carbocycles. The van der Waals surface area contributed by atoms with E-state index < -0.39 is 7.14 Å². The number of fused-ring (bicyclic) bond motifs is 7. The van der Waals surface area contributed by atoms with Gasteiger partial charge in [-0.2, -0.15) is 18.2 Å². The van der Waals surface area contributed by atoms with Crippen LogP contribution in [0, 0.1) is 31.9 Å². The Morgan fingerprint density at radius 3 is 1.91 bits per heavy atom. The second-order valence-electron chi connectivity index (χ2n) is 15.3. The molecular formula is C52H42IrNO2P-2. The fourth-order valence-electron chi connectivity index (χ4n) is 8.09. The quantitative estimate of drug-likeness (QED) is 0.127. The number of nitrogens with zero attached hydrogens (tertiary/aromatic N) is 1. The van der Waals surface area contributed by atoms with E-state index in [0.717, 1.165) is 93.9 Å². The van der Waals surface area contributed by atoms with Crippen LogP contribution in [0.2, 0.25) is 0 Å². The van der Waals surface area contributed by atoms with Crippen molar-refractivity contribution >= 4 is 66.3 Å². The van der Waals surface area contributed by atoms with Crippen molar-refractivity contribution in [1.29, 1.82) is 0 Å². The Kier molecular flexibility index (Phi) is 10.7. The van der Waals surface area contributed by atoms with Crippen molar-refractivity contribution < 1.29 is 29.4 Å². The smallest absolute Gasteiger partial charge is 0.147 e. The summed E-state index contributed by atoms with van der Waals surface area (Å²) in [7, 11) is -3.15. The molecule has 10 rings (SSSR count). The second-order valence-corrected chi connectivity index (χ2v) is 18.1. The summed E-state index contributed by atoms with van der Waals surface area (Å²) in [5, 5.41) is 10.3. The van der Waals surface area contributed by atoms with Crippen LogP contribution >= 0.6 is 7.14 Å². The number of aromatic nitrogens is 1. The average molecular weight is 936 g/mol.